The highest BCUT2D eigenvalue weighted by Gasteiger charge is 2.06. The zero-order chi connectivity index (χ0) is 13.0. The minimum absolute atomic E-state index is 0.187. The average Bonchev–Trinajstić information content (AvgIpc) is 2.38. The number of benzene rings is 2. The summed E-state index contributed by atoms with van der Waals surface area (Å²) in [6, 6.07) is 12.9. The first-order chi connectivity index (χ1) is 8.70. The van der Waals surface area contributed by atoms with Gasteiger partial charge >= 0.3 is 0 Å². The van der Waals surface area contributed by atoms with Crippen LogP contribution < -0.4 is 5.32 Å². The van der Waals surface area contributed by atoms with Gasteiger partial charge < -0.3 is 5.32 Å². The largest absolute Gasteiger partial charge is 0.313 e. The molecule has 3 heteroatoms. The van der Waals surface area contributed by atoms with Gasteiger partial charge in [-0.25, -0.2) is 4.39 Å². The minimum atomic E-state index is -0.187. The molecule has 0 heterocycles. The van der Waals surface area contributed by atoms with Gasteiger partial charge in [-0.05, 0) is 41.9 Å². The van der Waals surface area contributed by atoms with Crippen LogP contribution in [0.2, 0.25) is 0 Å². The molecule has 0 aliphatic carbocycles. The zero-order valence-electron chi connectivity index (χ0n) is 10.2. The first-order valence-corrected chi connectivity index (χ1v) is 6.75. The molecule has 18 heavy (non-hydrogen) atoms. The van der Waals surface area contributed by atoms with Crippen LogP contribution in [-0.2, 0) is 6.54 Å². The summed E-state index contributed by atoms with van der Waals surface area (Å²) >= 11 is 3.41. The van der Waals surface area contributed by atoms with Crippen LogP contribution in [0.25, 0.3) is 11.1 Å². The van der Waals surface area contributed by atoms with Gasteiger partial charge in [-0.1, -0.05) is 41.1 Å². The van der Waals surface area contributed by atoms with E-state index in [1.165, 1.54) is 6.07 Å². The summed E-state index contributed by atoms with van der Waals surface area (Å²) in [6.07, 6.45) is 0. The maximum Gasteiger partial charge on any atom is 0.131 e. The van der Waals surface area contributed by atoms with E-state index < -0.39 is 0 Å². The smallest absolute Gasteiger partial charge is 0.131 e. The van der Waals surface area contributed by atoms with E-state index in [9.17, 15) is 4.39 Å². The molecular weight excluding hydrogens is 293 g/mol. The van der Waals surface area contributed by atoms with Gasteiger partial charge in [0.2, 0.25) is 0 Å². The fraction of sp³-hybridized carbons (Fsp3) is 0.200. The Hall–Kier alpha value is -1.19. The van der Waals surface area contributed by atoms with E-state index in [-0.39, 0.29) is 5.82 Å². The second-order valence-corrected chi connectivity index (χ2v) is 5.02. The lowest BCUT2D eigenvalue weighted by Crippen LogP contribution is -2.11. The lowest BCUT2D eigenvalue weighted by molar-refractivity contribution is 0.629. The number of halogens is 2. The lowest BCUT2D eigenvalue weighted by atomic mass is 10.0. The molecule has 0 aliphatic rings. The van der Waals surface area contributed by atoms with Crippen LogP contribution in [0.15, 0.2) is 46.9 Å². The SMILES string of the molecule is CCNCc1ccc(F)c(-c2cccc(Br)c2)c1. The fourth-order valence-electron chi connectivity index (χ4n) is 1.83. The summed E-state index contributed by atoms with van der Waals surface area (Å²) in [5, 5.41) is 3.24. The highest BCUT2D eigenvalue weighted by Crippen LogP contribution is 2.26. The Morgan fingerprint density at radius 1 is 1.17 bits per heavy atom. The van der Waals surface area contributed by atoms with Gasteiger partial charge in [-0.3, -0.25) is 0 Å². The third-order valence-electron chi connectivity index (χ3n) is 2.75. The Bertz CT molecular complexity index is 540. The van der Waals surface area contributed by atoms with E-state index in [0.29, 0.717) is 5.56 Å². The third-order valence-corrected chi connectivity index (χ3v) is 3.24. The Balaban J connectivity index is 2.37. The Labute approximate surface area is 115 Å². The van der Waals surface area contributed by atoms with E-state index in [1.54, 1.807) is 0 Å². The summed E-state index contributed by atoms with van der Waals surface area (Å²) < 4.78 is 14.8. The maximum atomic E-state index is 13.9. The molecule has 0 aromatic heterocycles. The van der Waals surface area contributed by atoms with E-state index in [0.717, 1.165) is 28.7 Å². The van der Waals surface area contributed by atoms with Gasteiger partial charge in [0.15, 0.2) is 0 Å². The molecule has 0 fully saturated rings. The van der Waals surface area contributed by atoms with Crippen molar-refractivity contribution in [3.05, 3.63) is 58.3 Å². The standard InChI is InChI=1S/C15H15BrFN/c1-2-18-10-11-6-7-15(17)14(8-11)12-4-3-5-13(16)9-12/h3-9,18H,2,10H2,1H3. The average molecular weight is 308 g/mol. The van der Waals surface area contributed by atoms with Gasteiger partial charge in [-0.15, -0.1) is 0 Å². The topological polar surface area (TPSA) is 12.0 Å². The number of rotatable bonds is 4. The summed E-state index contributed by atoms with van der Waals surface area (Å²) in [5.41, 5.74) is 2.63. The van der Waals surface area contributed by atoms with Gasteiger partial charge in [-0.2, -0.15) is 0 Å². The Morgan fingerprint density at radius 2 is 2.00 bits per heavy atom. The van der Waals surface area contributed by atoms with Crippen molar-refractivity contribution >= 4 is 15.9 Å². The van der Waals surface area contributed by atoms with Crippen LogP contribution >= 0.6 is 15.9 Å². The van der Waals surface area contributed by atoms with Crippen molar-refractivity contribution < 1.29 is 4.39 Å². The quantitative estimate of drug-likeness (QED) is 0.884. The number of hydrogen-bond acceptors (Lipinski definition) is 1. The molecule has 1 N–H and O–H groups in total. The molecular formula is C15H15BrFN. The van der Waals surface area contributed by atoms with Crippen molar-refractivity contribution in [2.75, 3.05) is 6.54 Å². The zero-order valence-corrected chi connectivity index (χ0v) is 11.8. The molecule has 0 radical (unpaired) electrons. The Morgan fingerprint density at radius 3 is 2.72 bits per heavy atom. The predicted octanol–water partition coefficient (Wildman–Crippen LogP) is 4.36. The van der Waals surface area contributed by atoms with E-state index >= 15 is 0 Å². The van der Waals surface area contributed by atoms with Crippen LogP contribution in [0, 0.1) is 5.82 Å². The third kappa shape index (κ3) is 3.18. The molecule has 0 atom stereocenters. The highest BCUT2D eigenvalue weighted by molar-refractivity contribution is 9.10. The molecule has 0 spiro atoms. The van der Waals surface area contributed by atoms with Gasteiger partial charge in [0, 0.05) is 16.6 Å². The van der Waals surface area contributed by atoms with Crippen molar-refractivity contribution in [1.29, 1.82) is 0 Å². The maximum absolute atomic E-state index is 13.9. The van der Waals surface area contributed by atoms with E-state index in [4.69, 9.17) is 0 Å². The highest BCUT2D eigenvalue weighted by atomic mass is 79.9. The van der Waals surface area contributed by atoms with Crippen LogP contribution in [0.3, 0.4) is 0 Å². The summed E-state index contributed by atoms with van der Waals surface area (Å²) in [6.45, 7) is 3.72. The van der Waals surface area contributed by atoms with Gasteiger partial charge in [0.1, 0.15) is 5.82 Å². The molecule has 0 saturated heterocycles. The Kier molecular flexibility index (Phi) is 4.50. The number of nitrogens with one attached hydrogen (secondary N) is 1. The van der Waals surface area contributed by atoms with Crippen molar-refractivity contribution in [1.82, 2.24) is 5.32 Å². The van der Waals surface area contributed by atoms with Gasteiger partial charge in [0.25, 0.3) is 0 Å². The molecule has 2 aromatic carbocycles. The monoisotopic (exact) mass is 307 g/mol. The molecule has 94 valence electrons. The number of hydrogen-bond donors (Lipinski definition) is 1. The van der Waals surface area contributed by atoms with Crippen molar-refractivity contribution in [2.45, 2.75) is 13.5 Å². The van der Waals surface area contributed by atoms with Crippen LogP contribution in [-0.4, -0.2) is 6.54 Å². The van der Waals surface area contributed by atoms with E-state index in [2.05, 4.69) is 28.2 Å². The molecule has 2 aromatic rings. The normalized spacial score (nSPS) is 10.6. The molecule has 0 aliphatic heterocycles. The van der Waals surface area contributed by atoms with Crippen LogP contribution in [0.5, 0.6) is 0 Å². The van der Waals surface area contributed by atoms with Crippen LogP contribution in [0.1, 0.15) is 12.5 Å². The first kappa shape index (κ1) is 13.2. The molecule has 0 amide bonds. The van der Waals surface area contributed by atoms with E-state index in [1.807, 2.05) is 36.4 Å². The molecule has 0 unspecified atom stereocenters. The summed E-state index contributed by atoms with van der Waals surface area (Å²) in [7, 11) is 0. The molecule has 0 bridgehead atoms. The minimum Gasteiger partial charge on any atom is -0.313 e. The van der Waals surface area contributed by atoms with Crippen molar-refractivity contribution in [3.8, 4) is 11.1 Å². The molecule has 1 nitrogen and oxygen atoms in total. The first-order valence-electron chi connectivity index (χ1n) is 5.96. The summed E-state index contributed by atoms with van der Waals surface area (Å²) in [4.78, 5) is 0. The van der Waals surface area contributed by atoms with Gasteiger partial charge in [0.05, 0.1) is 0 Å². The van der Waals surface area contributed by atoms with Crippen molar-refractivity contribution in [3.63, 3.8) is 0 Å². The van der Waals surface area contributed by atoms with Crippen molar-refractivity contribution in [2.24, 2.45) is 0 Å². The molecule has 0 saturated carbocycles. The summed E-state index contributed by atoms with van der Waals surface area (Å²) in [5.74, 6) is -0.187. The predicted molar refractivity (Wildman–Crippen MR) is 76.9 cm³/mol. The fourth-order valence-corrected chi connectivity index (χ4v) is 2.23. The second kappa shape index (κ2) is 6.12. The second-order valence-electron chi connectivity index (χ2n) is 4.10. The van der Waals surface area contributed by atoms with Crippen LogP contribution in [0.4, 0.5) is 4.39 Å². The lowest BCUT2D eigenvalue weighted by Gasteiger charge is -2.08. The molecule has 2 rings (SSSR count).